The van der Waals surface area contributed by atoms with Crippen LogP contribution in [-0.2, 0) is 4.79 Å². The van der Waals surface area contributed by atoms with E-state index in [0.717, 1.165) is 22.4 Å². The molecule has 1 aliphatic heterocycles. The maximum absolute atomic E-state index is 13.5. The molecule has 2 rings (SSSR count). The molecule has 1 aromatic rings. The first kappa shape index (κ1) is 18.8. The average Bonchev–Trinajstić information content (AvgIpc) is 3.04. The SMILES string of the molecule is CC(C)CC(C)c1sccc1NC(=O)C1(C(F)(F)F)C=CN(C)N1. The van der Waals surface area contributed by atoms with E-state index in [1.54, 1.807) is 11.4 Å². The number of halogens is 3. The van der Waals surface area contributed by atoms with Gasteiger partial charge in [-0.05, 0) is 35.8 Å². The lowest BCUT2D eigenvalue weighted by molar-refractivity contribution is -0.189. The summed E-state index contributed by atoms with van der Waals surface area (Å²) in [5, 5.41) is 5.38. The first-order chi connectivity index (χ1) is 11.1. The number of nitrogens with one attached hydrogen (secondary N) is 2. The van der Waals surface area contributed by atoms with E-state index in [9.17, 15) is 18.0 Å². The van der Waals surface area contributed by atoms with Gasteiger partial charge in [0.2, 0.25) is 5.54 Å². The molecule has 2 unspecified atom stereocenters. The van der Waals surface area contributed by atoms with Gasteiger partial charge in [0.1, 0.15) is 0 Å². The number of nitrogens with zero attached hydrogens (tertiary/aromatic N) is 1. The molecule has 0 bridgehead atoms. The second kappa shape index (κ2) is 6.76. The number of hydrogen-bond acceptors (Lipinski definition) is 4. The molecule has 2 N–H and O–H groups in total. The number of thiophene rings is 1. The molecule has 0 saturated heterocycles. The van der Waals surface area contributed by atoms with Crippen molar-refractivity contribution in [1.82, 2.24) is 10.4 Å². The summed E-state index contributed by atoms with van der Waals surface area (Å²) in [6.07, 6.45) is -1.82. The Labute approximate surface area is 143 Å². The molecule has 0 radical (unpaired) electrons. The quantitative estimate of drug-likeness (QED) is 0.830. The van der Waals surface area contributed by atoms with Gasteiger partial charge in [-0.1, -0.05) is 20.8 Å². The molecule has 1 aliphatic rings. The average molecular weight is 361 g/mol. The number of alkyl halides is 3. The van der Waals surface area contributed by atoms with Gasteiger partial charge >= 0.3 is 6.18 Å². The fraction of sp³-hybridized carbons (Fsp3) is 0.562. The Bertz CT molecular complexity index is 626. The third-order valence-corrected chi connectivity index (χ3v) is 5.07. The Hall–Kier alpha value is -1.54. The number of anilines is 1. The van der Waals surface area contributed by atoms with Crippen LogP contribution in [0.15, 0.2) is 23.7 Å². The number of hydrogen-bond donors (Lipinski definition) is 2. The molecule has 24 heavy (non-hydrogen) atoms. The highest BCUT2D eigenvalue weighted by atomic mass is 32.1. The third kappa shape index (κ3) is 3.59. The van der Waals surface area contributed by atoms with Crippen molar-refractivity contribution in [2.75, 3.05) is 12.4 Å². The summed E-state index contributed by atoms with van der Waals surface area (Å²) in [5.74, 6) is -0.510. The first-order valence-electron chi connectivity index (χ1n) is 7.72. The van der Waals surface area contributed by atoms with Crippen molar-refractivity contribution in [2.24, 2.45) is 5.92 Å². The summed E-state index contributed by atoms with van der Waals surface area (Å²) < 4.78 is 40.5. The van der Waals surface area contributed by atoms with Crippen LogP contribution in [0.1, 0.15) is 38.0 Å². The summed E-state index contributed by atoms with van der Waals surface area (Å²) in [6.45, 7) is 6.19. The fourth-order valence-corrected chi connectivity index (χ4v) is 3.76. The highest BCUT2D eigenvalue weighted by molar-refractivity contribution is 7.10. The Balaban J connectivity index is 2.24. The molecule has 1 aromatic heterocycles. The van der Waals surface area contributed by atoms with Crippen molar-refractivity contribution < 1.29 is 18.0 Å². The lowest BCUT2D eigenvalue weighted by atomic mass is 9.96. The summed E-state index contributed by atoms with van der Waals surface area (Å²) in [6, 6.07) is 1.65. The highest BCUT2D eigenvalue weighted by Crippen LogP contribution is 2.38. The van der Waals surface area contributed by atoms with Gasteiger partial charge in [-0.15, -0.1) is 11.3 Å². The van der Waals surface area contributed by atoms with E-state index in [1.807, 2.05) is 6.92 Å². The Morgan fingerprint density at radius 1 is 1.42 bits per heavy atom. The standard InChI is InChI=1S/C16H22F3N3OS/c1-10(2)9-11(3)13-12(5-8-24-13)20-14(23)15(16(17,18)19)6-7-22(4)21-15/h5-8,10-11,21H,9H2,1-4H3,(H,20,23). The van der Waals surface area contributed by atoms with E-state index in [-0.39, 0.29) is 5.92 Å². The van der Waals surface area contributed by atoms with E-state index >= 15 is 0 Å². The van der Waals surface area contributed by atoms with E-state index in [4.69, 9.17) is 0 Å². The minimum absolute atomic E-state index is 0.164. The molecule has 2 heterocycles. The normalized spacial score (nSPS) is 22.2. The van der Waals surface area contributed by atoms with Gasteiger partial charge in [-0.3, -0.25) is 4.79 Å². The smallest absolute Gasteiger partial charge is 0.323 e. The monoisotopic (exact) mass is 361 g/mol. The van der Waals surface area contributed by atoms with Crippen LogP contribution in [0.25, 0.3) is 0 Å². The third-order valence-electron chi connectivity index (χ3n) is 3.92. The van der Waals surface area contributed by atoms with Gasteiger partial charge in [-0.2, -0.15) is 13.2 Å². The maximum Gasteiger partial charge on any atom is 0.421 e. The van der Waals surface area contributed by atoms with Gasteiger partial charge in [0.15, 0.2) is 0 Å². The molecule has 0 aromatic carbocycles. The van der Waals surface area contributed by atoms with E-state index in [2.05, 4.69) is 24.6 Å². The van der Waals surface area contributed by atoms with Crippen molar-refractivity contribution in [1.29, 1.82) is 0 Å². The summed E-state index contributed by atoms with van der Waals surface area (Å²) >= 11 is 1.45. The van der Waals surface area contributed by atoms with Gasteiger partial charge < -0.3 is 10.3 Å². The highest BCUT2D eigenvalue weighted by Gasteiger charge is 2.61. The second-order valence-corrected chi connectivity index (χ2v) is 7.48. The van der Waals surface area contributed by atoms with Crippen molar-refractivity contribution in [2.45, 2.75) is 44.8 Å². The summed E-state index contributed by atoms with van der Waals surface area (Å²) in [7, 11) is 1.41. The predicted octanol–water partition coefficient (Wildman–Crippen LogP) is 4.10. The first-order valence-corrected chi connectivity index (χ1v) is 8.60. The van der Waals surface area contributed by atoms with Crippen molar-refractivity contribution in [3.8, 4) is 0 Å². The zero-order valence-corrected chi connectivity index (χ0v) is 14.9. The minimum atomic E-state index is -4.75. The topological polar surface area (TPSA) is 44.4 Å². The predicted molar refractivity (Wildman–Crippen MR) is 89.6 cm³/mol. The van der Waals surface area contributed by atoms with Gasteiger partial charge in [-0.25, -0.2) is 5.43 Å². The van der Waals surface area contributed by atoms with Crippen LogP contribution < -0.4 is 10.7 Å². The molecule has 2 atom stereocenters. The van der Waals surface area contributed by atoms with Gasteiger partial charge in [0, 0.05) is 18.1 Å². The second-order valence-electron chi connectivity index (χ2n) is 6.53. The number of rotatable bonds is 5. The van der Waals surface area contributed by atoms with Crippen molar-refractivity contribution in [3.05, 3.63) is 28.6 Å². The van der Waals surface area contributed by atoms with Gasteiger partial charge in [0.05, 0.1) is 5.69 Å². The molecule has 4 nitrogen and oxygen atoms in total. The van der Waals surface area contributed by atoms with E-state index in [1.165, 1.54) is 24.6 Å². The molecule has 0 spiro atoms. The van der Waals surface area contributed by atoms with Gasteiger partial charge in [0.25, 0.3) is 5.91 Å². The Kier molecular flexibility index (Phi) is 5.29. The van der Waals surface area contributed by atoms with E-state index in [0.29, 0.717) is 11.6 Å². The van der Waals surface area contributed by atoms with Crippen molar-refractivity contribution >= 4 is 22.9 Å². The van der Waals surface area contributed by atoms with E-state index < -0.39 is 17.6 Å². The molecule has 134 valence electrons. The van der Waals surface area contributed by atoms with Crippen LogP contribution in [0, 0.1) is 5.92 Å². The molecule has 0 fully saturated rings. The number of amides is 1. The Morgan fingerprint density at radius 2 is 2.08 bits per heavy atom. The summed E-state index contributed by atoms with van der Waals surface area (Å²) in [5.41, 5.74) is -0.108. The van der Waals surface area contributed by atoms with Crippen LogP contribution in [-0.4, -0.2) is 29.7 Å². The van der Waals surface area contributed by atoms with Crippen LogP contribution in [0.5, 0.6) is 0 Å². The number of carbonyl (C=O) groups is 1. The largest absolute Gasteiger partial charge is 0.421 e. The molecule has 0 saturated carbocycles. The zero-order valence-electron chi connectivity index (χ0n) is 14.1. The number of carbonyl (C=O) groups excluding carboxylic acids is 1. The van der Waals surface area contributed by atoms with Crippen molar-refractivity contribution in [3.63, 3.8) is 0 Å². The van der Waals surface area contributed by atoms with Crippen LogP contribution in [0.4, 0.5) is 18.9 Å². The van der Waals surface area contributed by atoms with Crippen LogP contribution in [0.2, 0.25) is 0 Å². The molecular weight excluding hydrogens is 339 g/mol. The number of hydrazine groups is 1. The maximum atomic E-state index is 13.5. The fourth-order valence-electron chi connectivity index (χ4n) is 2.83. The molecular formula is C16H22F3N3OS. The molecule has 0 aliphatic carbocycles. The molecule has 8 heteroatoms. The lowest BCUT2D eigenvalue weighted by Gasteiger charge is -2.30. The molecule has 1 amide bonds. The van der Waals surface area contributed by atoms with Crippen LogP contribution >= 0.6 is 11.3 Å². The Morgan fingerprint density at radius 3 is 2.58 bits per heavy atom. The lowest BCUT2D eigenvalue weighted by Crippen LogP contribution is -2.63. The zero-order chi connectivity index (χ0) is 18.1. The van der Waals surface area contributed by atoms with Crippen LogP contribution in [0.3, 0.4) is 0 Å². The minimum Gasteiger partial charge on any atom is -0.323 e. The summed E-state index contributed by atoms with van der Waals surface area (Å²) in [4.78, 5) is 13.4.